The minimum absolute atomic E-state index is 0.125. The Bertz CT molecular complexity index is 760. The average molecular weight is 332 g/mol. The van der Waals surface area contributed by atoms with Crippen molar-refractivity contribution in [3.8, 4) is 11.5 Å². The highest BCUT2D eigenvalue weighted by atomic mass is 35.5. The van der Waals surface area contributed by atoms with E-state index in [0.717, 1.165) is 6.26 Å². The van der Waals surface area contributed by atoms with Gasteiger partial charge >= 0.3 is 0 Å². The summed E-state index contributed by atoms with van der Waals surface area (Å²) in [5.74, 6) is 0.652. The number of sulfone groups is 1. The Balaban J connectivity index is 2.38. The van der Waals surface area contributed by atoms with Gasteiger partial charge in [0.05, 0.1) is 15.6 Å². The van der Waals surface area contributed by atoms with Gasteiger partial charge in [0.1, 0.15) is 16.5 Å². The van der Waals surface area contributed by atoms with Gasteiger partial charge in [-0.05, 0) is 30.3 Å². The number of ether oxygens (including phenoxy) is 1. The van der Waals surface area contributed by atoms with Gasteiger partial charge in [-0.25, -0.2) is 8.42 Å². The van der Waals surface area contributed by atoms with E-state index in [1.54, 1.807) is 18.2 Å². The van der Waals surface area contributed by atoms with Crippen LogP contribution in [0.25, 0.3) is 0 Å². The third-order valence-electron chi connectivity index (χ3n) is 2.55. The third-order valence-corrected chi connectivity index (χ3v) is 4.46. The summed E-state index contributed by atoms with van der Waals surface area (Å²) >= 11 is 11.9. The topological polar surface area (TPSA) is 69.4 Å². The molecule has 0 saturated heterocycles. The van der Waals surface area contributed by atoms with Gasteiger partial charge in [-0.1, -0.05) is 29.3 Å². The predicted octanol–water partition coefficient (Wildman–Crippen LogP) is 3.77. The molecule has 7 heteroatoms. The smallest absolute Gasteiger partial charge is 0.175 e. The highest BCUT2D eigenvalue weighted by Gasteiger charge is 2.12. The molecule has 0 aliphatic heterocycles. The molecule has 0 aliphatic rings. The molecule has 0 unspecified atom stereocenters. The highest BCUT2D eigenvalue weighted by Crippen LogP contribution is 2.36. The molecule has 0 heterocycles. The summed E-state index contributed by atoms with van der Waals surface area (Å²) in [6, 6.07) is 9.18. The average Bonchev–Trinajstić information content (AvgIpc) is 2.36. The predicted molar refractivity (Wildman–Crippen MR) is 80.5 cm³/mol. The zero-order valence-electron chi connectivity index (χ0n) is 10.4. The summed E-state index contributed by atoms with van der Waals surface area (Å²) < 4.78 is 28.4. The van der Waals surface area contributed by atoms with Crippen LogP contribution in [0.2, 0.25) is 10.0 Å². The van der Waals surface area contributed by atoms with Gasteiger partial charge in [0.25, 0.3) is 0 Å². The molecule has 0 amide bonds. The molecule has 2 N–H and O–H groups in total. The molecule has 0 fully saturated rings. The van der Waals surface area contributed by atoms with E-state index in [2.05, 4.69) is 0 Å². The second-order valence-corrected chi connectivity index (χ2v) is 6.93. The van der Waals surface area contributed by atoms with Crippen molar-refractivity contribution < 1.29 is 13.2 Å². The van der Waals surface area contributed by atoms with Crippen molar-refractivity contribution in [1.29, 1.82) is 0 Å². The molecule has 4 nitrogen and oxygen atoms in total. The van der Waals surface area contributed by atoms with E-state index < -0.39 is 9.84 Å². The van der Waals surface area contributed by atoms with Crippen LogP contribution in [-0.2, 0) is 9.84 Å². The Hall–Kier alpha value is -1.43. The van der Waals surface area contributed by atoms with Gasteiger partial charge < -0.3 is 10.5 Å². The second-order valence-electron chi connectivity index (χ2n) is 4.13. The van der Waals surface area contributed by atoms with Crippen LogP contribution >= 0.6 is 23.2 Å². The van der Waals surface area contributed by atoms with Crippen molar-refractivity contribution >= 4 is 38.7 Å². The number of halogens is 2. The summed E-state index contributed by atoms with van der Waals surface area (Å²) in [7, 11) is -3.31. The SMILES string of the molecule is CS(=O)(=O)c1ccc(Oc2cccc(Cl)c2Cl)c(N)c1. The molecular formula is C13H11Cl2NO3S. The van der Waals surface area contributed by atoms with Crippen LogP contribution in [0.5, 0.6) is 11.5 Å². The fraction of sp³-hybridized carbons (Fsp3) is 0.0769. The molecule has 20 heavy (non-hydrogen) atoms. The van der Waals surface area contributed by atoms with Crippen molar-refractivity contribution in [2.24, 2.45) is 0 Å². The molecule has 0 spiro atoms. The summed E-state index contributed by atoms with van der Waals surface area (Å²) in [4.78, 5) is 0.125. The van der Waals surface area contributed by atoms with E-state index in [9.17, 15) is 8.42 Å². The molecule has 106 valence electrons. The first kappa shape index (κ1) is 15.0. The minimum atomic E-state index is -3.31. The molecule has 0 bridgehead atoms. The third kappa shape index (κ3) is 3.17. The van der Waals surface area contributed by atoms with Gasteiger partial charge in [0.2, 0.25) is 0 Å². The van der Waals surface area contributed by atoms with Gasteiger partial charge in [0.15, 0.2) is 9.84 Å². The first-order chi connectivity index (χ1) is 9.29. The summed E-state index contributed by atoms with van der Waals surface area (Å²) in [5.41, 5.74) is 5.99. The lowest BCUT2D eigenvalue weighted by molar-refractivity contribution is 0.485. The summed E-state index contributed by atoms with van der Waals surface area (Å²) in [6.45, 7) is 0. The van der Waals surface area contributed by atoms with Crippen LogP contribution in [0, 0.1) is 0 Å². The lowest BCUT2D eigenvalue weighted by atomic mass is 10.3. The van der Waals surface area contributed by atoms with Crippen LogP contribution < -0.4 is 10.5 Å². The van der Waals surface area contributed by atoms with Crippen molar-refractivity contribution in [3.05, 3.63) is 46.4 Å². The number of benzene rings is 2. The number of nitrogens with two attached hydrogens (primary N) is 1. The molecule has 2 aromatic rings. The molecular weight excluding hydrogens is 321 g/mol. The number of nitrogen functional groups attached to an aromatic ring is 1. The quantitative estimate of drug-likeness (QED) is 0.869. The van der Waals surface area contributed by atoms with Crippen molar-refractivity contribution in [2.45, 2.75) is 4.90 Å². The van der Waals surface area contributed by atoms with Gasteiger partial charge in [-0.15, -0.1) is 0 Å². The maximum absolute atomic E-state index is 11.4. The van der Waals surface area contributed by atoms with Crippen molar-refractivity contribution in [2.75, 3.05) is 12.0 Å². The minimum Gasteiger partial charge on any atom is -0.454 e. The fourth-order valence-corrected chi connectivity index (χ4v) is 2.52. The maximum atomic E-state index is 11.4. The zero-order valence-corrected chi connectivity index (χ0v) is 12.8. The molecule has 0 saturated carbocycles. The van der Waals surface area contributed by atoms with Gasteiger partial charge in [-0.3, -0.25) is 0 Å². The largest absolute Gasteiger partial charge is 0.454 e. The lowest BCUT2D eigenvalue weighted by Gasteiger charge is -2.11. The van der Waals surface area contributed by atoms with Crippen molar-refractivity contribution in [1.82, 2.24) is 0 Å². The van der Waals surface area contributed by atoms with Crippen LogP contribution in [0.3, 0.4) is 0 Å². The van der Waals surface area contributed by atoms with Gasteiger partial charge in [0, 0.05) is 6.26 Å². The molecule has 0 atom stereocenters. The van der Waals surface area contributed by atoms with E-state index in [-0.39, 0.29) is 15.6 Å². The molecule has 2 aromatic carbocycles. The van der Waals surface area contributed by atoms with E-state index in [1.807, 2.05) is 0 Å². The Morgan fingerprint density at radius 1 is 1.10 bits per heavy atom. The van der Waals surface area contributed by atoms with Crippen LogP contribution in [-0.4, -0.2) is 14.7 Å². The number of hydrogen-bond donors (Lipinski definition) is 1. The Morgan fingerprint density at radius 3 is 2.40 bits per heavy atom. The highest BCUT2D eigenvalue weighted by molar-refractivity contribution is 7.90. The first-order valence-electron chi connectivity index (χ1n) is 5.50. The molecule has 0 aromatic heterocycles. The first-order valence-corrected chi connectivity index (χ1v) is 8.15. The standard InChI is InChI=1S/C13H11Cl2NO3S/c1-20(17,18)8-5-6-11(10(16)7-8)19-12-4-2-3-9(14)13(12)15/h2-7H,16H2,1H3. The van der Waals surface area contributed by atoms with Crippen molar-refractivity contribution in [3.63, 3.8) is 0 Å². The van der Waals surface area contributed by atoms with E-state index in [0.29, 0.717) is 16.5 Å². The Kier molecular flexibility index (Phi) is 4.13. The summed E-state index contributed by atoms with van der Waals surface area (Å²) in [5, 5.41) is 0.622. The fourth-order valence-electron chi connectivity index (χ4n) is 1.53. The van der Waals surface area contributed by atoms with Crippen LogP contribution in [0.15, 0.2) is 41.3 Å². The normalized spacial score (nSPS) is 11.3. The van der Waals surface area contributed by atoms with Crippen LogP contribution in [0.1, 0.15) is 0 Å². The Labute approximate surface area is 127 Å². The molecule has 2 rings (SSSR count). The maximum Gasteiger partial charge on any atom is 0.175 e. The zero-order chi connectivity index (χ0) is 14.9. The number of rotatable bonds is 3. The Morgan fingerprint density at radius 2 is 1.80 bits per heavy atom. The molecule has 0 aliphatic carbocycles. The van der Waals surface area contributed by atoms with E-state index in [4.69, 9.17) is 33.7 Å². The van der Waals surface area contributed by atoms with Gasteiger partial charge in [-0.2, -0.15) is 0 Å². The lowest BCUT2D eigenvalue weighted by Crippen LogP contribution is -2.00. The number of anilines is 1. The second kappa shape index (κ2) is 5.52. The molecule has 0 radical (unpaired) electrons. The van der Waals surface area contributed by atoms with E-state index in [1.165, 1.54) is 18.2 Å². The van der Waals surface area contributed by atoms with Crippen LogP contribution in [0.4, 0.5) is 5.69 Å². The summed E-state index contributed by atoms with van der Waals surface area (Å²) in [6.07, 6.45) is 1.11. The number of hydrogen-bond acceptors (Lipinski definition) is 4. The monoisotopic (exact) mass is 331 g/mol. The van der Waals surface area contributed by atoms with E-state index >= 15 is 0 Å².